The summed E-state index contributed by atoms with van der Waals surface area (Å²) in [7, 11) is 1.90. The second-order valence-electron chi connectivity index (χ2n) is 3.94. The number of aryl methyl sites for hydroxylation is 2. The van der Waals surface area contributed by atoms with Crippen molar-refractivity contribution in [2.75, 3.05) is 0 Å². The molecule has 0 bridgehead atoms. The second kappa shape index (κ2) is 5.15. The molecular weight excluding hydrogens is 236 g/mol. The fourth-order valence-electron chi connectivity index (χ4n) is 1.83. The molecule has 0 fully saturated rings. The smallest absolute Gasteiger partial charge is 0.170 e. The molecule has 2 aromatic rings. The van der Waals surface area contributed by atoms with Gasteiger partial charge < -0.3 is 4.57 Å². The van der Waals surface area contributed by atoms with Crippen LogP contribution in [-0.2, 0) is 19.9 Å². The van der Waals surface area contributed by atoms with Gasteiger partial charge in [0.25, 0.3) is 0 Å². The third-order valence-electron chi connectivity index (χ3n) is 2.74. The maximum absolute atomic E-state index is 10.8. The van der Waals surface area contributed by atoms with E-state index in [4.69, 9.17) is 11.6 Å². The molecule has 1 aromatic heterocycles. The van der Waals surface area contributed by atoms with Gasteiger partial charge in [0.2, 0.25) is 0 Å². The number of nitrogens with zero attached hydrogens (tertiary/aromatic N) is 2. The topological polar surface area (TPSA) is 34.9 Å². The van der Waals surface area contributed by atoms with E-state index in [0.717, 1.165) is 35.4 Å². The van der Waals surface area contributed by atoms with Crippen molar-refractivity contribution in [3.05, 3.63) is 52.6 Å². The van der Waals surface area contributed by atoms with Crippen molar-refractivity contribution >= 4 is 17.9 Å². The molecule has 17 heavy (non-hydrogen) atoms. The average Bonchev–Trinajstić information content (AvgIpc) is 2.67. The summed E-state index contributed by atoms with van der Waals surface area (Å²) in [5.41, 5.74) is 2.64. The largest absolute Gasteiger partial charge is 0.337 e. The zero-order valence-electron chi connectivity index (χ0n) is 9.56. The number of aromatic nitrogens is 2. The van der Waals surface area contributed by atoms with Crippen LogP contribution < -0.4 is 0 Å². The molecule has 0 aliphatic rings. The van der Waals surface area contributed by atoms with Gasteiger partial charge in [-0.25, -0.2) is 4.98 Å². The Kier molecular flexibility index (Phi) is 3.59. The molecule has 1 heterocycles. The Hall–Kier alpha value is -1.61. The van der Waals surface area contributed by atoms with Crippen LogP contribution in [0.4, 0.5) is 0 Å². The summed E-state index contributed by atoms with van der Waals surface area (Å²) < 4.78 is 1.88. The molecule has 0 amide bonds. The van der Waals surface area contributed by atoms with Crippen LogP contribution in [-0.4, -0.2) is 15.8 Å². The fraction of sp³-hybridized carbons (Fsp3) is 0.231. The van der Waals surface area contributed by atoms with Gasteiger partial charge >= 0.3 is 0 Å². The molecule has 0 radical (unpaired) electrons. The van der Waals surface area contributed by atoms with Gasteiger partial charge in [0.05, 0.1) is 6.33 Å². The first-order valence-electron chi connectivity index (χ1n) is 5.40. The number of carbonyl (C=O) groups is 1. The molecule has 4 heteroatoms. The van der Waals surface area contributed by atoms with Gasteiger partial charge in [-0.2, -0.15) is 0 Å². The molecule has 3 nitrogen and oxygen atoms in total. The van der Waals surface area contributed by atoms with Crippen molar-refractivity contribution in [2.24, 2.45) is 7.05 Å². The van der Waals surface area contributed by atoms with Crippen molar-refractivity contribution in [2.45, 2.75) is 12.8 Å². The fourth-order valence-corrected chi connectivity index (χ4v) is 2.04. The van der Waals surface area contributed by atoms with Gasteiger partial charge in [-0.1, -0.05) is 23.7 Å². The first-order chi connectivity index (χ1) is 8.20. The lowest BCUT2D eigenvalue weighted by Gasteiger charge is -2.04. The zero-order chi connectivity index (χ0) is 12.3. The number of benzene rings is 1. The molecule has 88 valence electrons. The van der Waals surface area contributed by atoms with Crippen molar-refractivity contribution in [1.29, 1.82) is 0 Å². The minimum atomic E-state index is 0.523. The van der Waals surface area contributed by atoms with Gasteiger partial charge in [0, 0.05) is 17.8 Å². The van der Waals surface area contributed by atoms with Gasteiger partial charge in [0.1, 0.15) is 5.69 Å². The SMILES string of the molecule is Cn1cnc(C=O)c1CCc1cccc(Cl)c1. The van der Waals surface area contributed by atoms with E-state index in [2.05, 4.69) is 4.98 Å². The van der Waals surface area contributed by atoms with Crippen LogP contribution in [0.1, 0.15) is 21.7 Å². The predicted octanol–water partition coefficient (Wildman–Crippen LogP) is 2.67. The van der Waals surface area contributed by atoms with Crippen molar-refractivity contribution < 1.29 is 4.79 Å². The molecule has 0 aliphatic carbocycles. The summed E-state index contributed by atoms with van der Waals surface area (Å²) >= 11 is 5.92. The predicted molar refractivity (Wildman–Crippen MR) is 67.5 cm³/mol. The number of hydrogen-bond donors (Lipinski definition) is 0. The number of carbonyl (C=O) groups excluding carboxylic acids is 1. The quantitative estimate of drug-likeness (QED) is 0.780. The Morgan fingerprint density at radius 3 is 2.94 bits per heavy atom. The summed E-state index contributed by atoms with van der Waals surface area (Å²) in [4.78, 5) is 14.8. The summed E-state index contributed by atoms with van der Waals surface area (Å²) in [6.07, 6.45) is 4.09. The van der Waals surface area contributed by atoms with E-state index in [-0.39, 0.29) is 0 Å². The maximum Gasteiger partial charge on any atom is 0.170 e. The molecule has 0 atom stereocenters. The van der Waals surface area contributed by atoms with Crippen LogP contribution in [0.5, 0.6) is 0 Å². The number of aldehydes is 1. The molecular formula is C13H13ClN2O. The van der Waals surface area contributed by atoms with Crippen molar-refractivity contribution in [1.82, 2.24) is 9.55 Å². The molecule has 0 spiro atoms. The van der Waals surface area contributed by atoms with Crippen LogP contribution in [0.3, 0.4) is 0 Å². The highest BCUT2D eigenvalue weighted by Gasteiger charge is 2.07. The first-order valence-corrected chi connectivity index (χ1v) is 5.78. The highest BCUT2D eigenvalue weighted by molar-refractivity contribution is 6.30. The third-order valence-corrected chi connectivity index (χ3v) is 2.98. The minimum Gasteiger partial charge on any atom is -0.337 e. The monoisotopic (exact) mass is 248 g/mol. The summed E-state index contributed by atoms with van der Waals surface area (Å²) in [6, 6.07) is 7.76. The lowest BCUT2D eigenvalue weighted by Crippen LogP contribution is -2.01. The van der Waals surface area contributed by atoms with Crippen LogP contribution in [0.15, 0.2) is 30.6 Å². The average molecular weight is 249 g/mol. The summed E-state index contributed by atoms with van der Waals surface area (Å²) in [5, 5.41) is 0.739. The normalized spacial score (nSPS) is 10.5. The highest BCUT2D eigenvalue weighted by atomic mass is 35.5. The maximum atomic E-state index is 10.8. The van der Waals surface area contributed by atoms with E-state index in [1.165, 1.54) is 0 Å². The first kappa shape index (κ1) is 11.9. The number of hydrogen-bond acceptors (Lipinski definition) is 2. The van der Waals surface area contributed by atoms with Crippen molar-refractivity contribution in [3.63, 3.8) is 0 Å². The Morgan fingerprint density at radius 1 is 1.41 bits per heavy atom. The van der Waals surface area contributed by atoms with Crippen molar-refractivity contribution in [3.8, 4) is 0 Å². The Bertz CT molecular complexity index is 534. The van der Waals surface area contributed by atoms with E-state index >= 15 is 0 Å². The number of rotatable bonds is 4. The molecule has 1 aromatic carbocycles. The Morgan fingerprint density at radius 2 is 2.24 bits per heavy atom. The highest BCUT2D eigenvalue weighted by Crippen LogP contribution is 2.14. The molecule has 0 saturated heterocycles. The standard InChI is InChI=1S/C13H13ClN2O/c1-16-9-15-12(8-17)13(16)6-5-10-3-2-4-11(14)7-10/h2-4,7-9H,5-6H2,1H3. The second-order valence-corrected chi connectivity index (χ2v) is 4.37. The molecule has 0 unspecified atom stereocenters. The molecule has 0 aliphatic heterocycles. The Labute approximate surface area is 105 Å². The molecule has 0 saturated carbocycles. The minimum absolute atomic E-state index is 0.523. The molecule has 2 rings (SSSR count). The lowest BCUT2D eigenvalue weighted by atomic mass is 10.1. The Balaban J connectivity index is 2.12. The van der Waals surface area contributed by atoms with Crippen LogP contribution in [0.25, 0.3) is 0 Å². The van der Waals surface area contributed by atoms with Crippen LogP contribution in [0.2, 0.25) is 5.02 Å². The zero-order valence-corrected chi connectivity index (χ0v) is 10.3. The van der Waals surface area contributed by atoms with Gasteiger partial charge in [-0.15, -0.1) is 0 Å². The summed E-state index contributed by atoms with van der Waals surface area (Å²) in [5.74, 6) is 0. The van der Waals surface area contributed by atoms with E-state index in [0.29, 0.717) is 5.69 Å². The van der Waals surface area contributed by atoms with E-state index in [1.54, 1.807) is 6.33 Å². The number of imidazole rings is 1. The van der Waals surface area contributed by atoms with Crippen LogP contribution >= 0.6 is 11.6 Å². The van der Waals surface area contributed by atoms with E-state index < -0.39 is 0 Å². The lowest BCUT2D eigenvalue weighted by molar-refractivity contribution is 0.111. The van der Waals surface area contributed by atoms with Gasteiger partial charge in [-0.05, 0) is 30.5 Å². The summed E-state index contributed by atoms with van der Waals surface area (Å²) in [6.45, 7) is 0. The van der Waals surface area contributed by atoms with E-state index in [9.17, 15) is 4.79 Å². The number of halogens is 1. The van der Waals surface area contributed by atoms with E-state index in [1.807, 2.05) is 35.9 Å². The van der Waals surface area contributed by atoms with Gasteiger partial charge in [0.15, 0.2) is 6.29 Å². The third kappa shape index (κ3) is 2.74. The van der Waals surface area contributed by atoms with Crippen LogP contribution in [0, 0.1) is 0 Å². The molecule has 0 N–H and O–H groups in total. The van der Waals surface area contributed by atoms with Gasteiger partial charge in [-0.3, -0.25) is 4.79 Å².